The maximum absolute atomic E-state index is 12.6. The van der Waals surface area contributed by atoms with Crippen LogP contribution in [0.1, 0.15) is 38.0 Å². The number of fused-ring (bicyclic) bond motifs is 1. The number of hydrogen-bond donors (Lipinski definition) is 2. The highest BCUT2D eigenvalue weighted by Gasteiger charge is 2.40. The molecule has 132 valence electrons. The summed E-state index contributed by atoms with van der Waals surface area (Å²) in [5.41, 5.74) is 1.16. The number of hydrogen-bond acceptors (Lipinski definition) is 4. The second kappa shape index (κ2) is 6.79. The molecule has 0 radical (unpaired) electrons. The zero-order chi connectivity index (χ0) is 18.8. The number of carbonyl (C=O) groups excluding carboxylic acids is 4. The molecule has 7 nitrogen and oxygen atoms in total. The highest BCUT2D eigenvalue weighted by molar-refractivity contribution is 6.23. The fourth-order valence-electron chi connectivity index (χ4n) is 2.84. The maximum Gasteiger partial charge on any atom is 0.262 e. The number of nitrogens with one attached hydrogen (secondary N) is 2. The van der Waals surface area contributed by atoms with Gasteiger partial charge in [-0.15, -0.1) is 0 Å². The minimum absolute atomic E-state index is 0.280. The molecule has 0 fully saturated rings. The molecule has 2 N–H and O–H groups in total. The van der Waals surface area contributed by atoms with Crippen molar-refractivity contribution in [1.82, 2.24) is 10.2 Å². The third-order valence-electron chi connectivity index (χ3n) is 4.25. The number of benzene rings is 2. The number of imide groups is 1. The van der Waals surface area contributed by atoms with E-state index in [2.05, 4.69) is 10.6 Å². The van der Waals surface area contributed by atoms with E-state index in [1.54, 1.807) is 48.5 Å². The molecule has 0 aromatic heterocycles. The van der Waals surface area contributed by atoms with Crippen LogP contribution in [0, 0.1) is 0 Å². The Kier molecular flexibility index (Phi) is 4.53. The molecule has 0 aliphatic carbocycles. The van der Waals surface area contributed by atoms with Crippen molar-refractivity contribution in [2.45, 2.75) is 13.0 Å². The highest BCUT2D eigenvalue weighted by Crippen LogP contribution is 2.25. The van der Waals surface area contributed by atoms with Gasteiger partial charge in [0, 0.05) is 7.05 Å². The number of carbonyl (C=O) groups is 4. The standard InChI is InChI=1S/C19H17N3O4/c1-11(22-18(25)12-7-3-4-8-13(12)19(22)26)16(23)21-15-10-6-5-9-14(15)17(24)20-2/h3-11H,1-2H3,(H,20,24)(H,21,23). The van der Waals surface area contributed by atoms with Crippen LogP contribution in [0.4, 0.5) is 5.69 Å². The van der Waals surface area contributed by atoms with Crippen LogP contribution in [-0.4, -0.2) is 41.6 Å². The predicted octanol–water partition coefficient (Wildman–Crippen LogP) is 1.67. The lowest BCUT2D eigenvalue weighted by atomic mass is 10.1. The summed E-state index contributed by atoms with van der Waals surface area (Å²) in [4.78, 5) is 50.4. The van der Waals surface area contributed by atoms with Gasteiger partial charge >= 0.3 is 0 Å². The smallest absolute Gasteiger partial charge is 0.262 e. The lowest BCUT2D eigenvalue weighted by Gasteiger charge is -2.22. The van der Waals surface area contributed by atoms with Crippen molar-refractivity contribution in [1.29, 1.82) is 0 Å². The van der Waals surface area contributed by atoms with Crippen molar-refractivity contribution in [3.05, 3.63) is 65.2 Å². The molecule has 1 unspecified atom stereocenters. The van der Waals surface area contributed by atoms with Gasteiger partial charge in [0.15, 0.2) is 0 Å². The van der Waals surface area contributed by atoms with Crippen molar-refractivity contribution in [3.8, 4) is 0 Å². The molecule has 0 saturated carbocycles. The number of rotatable bonds is 4. The Morgan fingerprint density at radius 1 is 0.923 bits per heavy atom. The van der Waals surface area contributed by atoms with Gasteiger partial charge in [-0.1, -0.05) is 24.3 Å². The molecule has 1 heterocycles. The molecular weight excluding hydrogens is 334 g/mol. The predicted molar refractivity (Wildman–Crippen MR) is 94.9 cm³/mol. The number of nitrogens with zero attached hydrogens (tertiary/aromatic N) is 1. The van der Waals surface area contributed by atoms with Crippen LogP contribution in [0.2, 0.25) is 0 Å². The molecule has 1 aliphatic heterocycles. The van der Waals surface area contributed by atoms with Crippen LogP contribution in [0.5, 0.6) is 0 Å². The largest absolute Gasteiger partial charge is 0.355 e. The topological polar surface area (TPSA) is 95.6 Å². The summed E-state index contributed by atoms with van der Waals surface area (Å²) >= 11 is 0. The van der Waals surface area contributed by atoms with Gasteiger partial charge in [0.2, 0.25) is 5.91 Å². The second-order valence-corrected chi connectivity index (χ2v) is 5.82. The molecule has 3 rings (SSSR count). The summed E-state index contributed by atoms with van der Waals surface area (Å²) in [5.74, 6) is -1.93. The Morgan fingerprint density at radius 2 is 1.46 bits per heavy atom. The van der Waals surface area contributed by atoms with Gasteiger partial charge in [0.25, 0.3) is 17.7 Å². The SMILES string of the molecule is CNC(=O)c1ccccc1NC(=O)C(C)N1C(=O)c2ccccc2C1=O. The van der Waals surface area contributed by atoms with Crippen LogP contribution in [-0.2, 0) is 4.79 Å². The van der Waals surface area contributed by atoms with Gasteiger partial charge in [-0.2, -0.15) is 0 Å². The minimum Gasteiger partial charge on any atom is -0.355 e. The Bertz CT molecular complexity index is 888. The zero-order valence-electron chi connectivity index (χ0n) is 14.3. The van der Waals surface area contributed by atoms with Crippen LogP contribution in [0.3, 0.4) is 0 Å². The summed E-state index contributed by atoms with van der Waals surface area (Å²) in [6.07, 6.45) is 0. The second-order valence-electron chi connectivity index (χ2n) is 5.82. The maximum atomic E-state index is 12.6. The fraction of sp³-hybridized carbons (Fsp3) is 0.158. The van der Waals surface area contributed by atoms with Crippen molar-refractivity contribution in [3.63, 3.8) is 0 Å². The Balaban J connectivity index is 1.83. The van der Waals surface area contributed by atoms with E-state index in [0.717, 1.165) is 4.90 Å². The molecule has 0 spiro atoms. The van der Waals surface area contributed by atoms with Crippen molar-refractivity contribution in [2.24, 2.45) is 0 Å². The Labute approximate surface area is 150 Å². The first kappa shape index (κ1) is 17.3. The van der Waals surface area contributed by atoms with Crippen molar-refractivity contribution in [2.75, 3.05) is 12.4 Å². The summed E-state index contributed by atoms with van der Waals surface area (Å²) < 4.78 is 0. The first-order valence-electron chi connectivity index (χ1n) is 8.04. The molecule has 2 aromatic carbocycles. The van der Waals surface area contributed by atoms with E-state index in [4.69, 9.17) is 0 Å². The first-order valence-corrected chi connectivity index (χ1v) is 8.04. The van der Waals surface area contributed by atoms with Crippen LogP contribution in [0.15, 0.2) is 48.5 Å². The molecule has 1 atom stereocenters. The number of anilines is 1. The third kappa shape index (κ3) is 2.83. The van der Waals surface area contributed by atoms with E-state index in [0.29, 0.717) is 5.69 Å². The van der Waals surface area contributed by atoms with Crippen molar-refractivity contribution < 1.29 is 19.2 Å². The lowest BCUT2D eigenvalue weighted by Crippen LogP contribution is -2.45. The average molecular weight is 351 g/mol. The molecule has 1 aliphatic rings. The Morgan fingerprint density at radius 3 is 2.04 bits per heavy atom. The molecule has 7 heteroatoms. The quantitative estimate of drug-likeness (QED) is 0.819. The van der Waals surface area contributed by atoms with E-state index in [9.17, 15) is 19.2 Å². The third-order valence-corrected chi connectivity index (χ3v) is 4.25. The number of para-hydroxylation sites is 1. The molecule has 0 bridgehead atoms. The van der Waals surface area contributed by atoms with E-state index >= 15 is 0 Å². The van der Waals surface area contributed by atoms with Crippen LogP contribution in [0.25, 0.3) is 0 Å². The molecule has 2 aromatic rings. The first-order chi connectivity index (χ1) is 12.5. The van der Waals surface area contributed by atoms with Crippen LogP contribution >= 0.6 is 0 Å². The van der Waals surface area contributed by atoms with E-state index < -0.39 is 23.8 Å². The lowest BCUT2D eigenvalue weighted by molar-refractivity contribution is -0.119. The van der Waals surface area contributed by atoms with E-state index in [1.165, 1.54) is 14.0 Å². The Hall–Kier alpha value is -3.48. The summed E-state index contributed by atoms with van der Waals surface area (Å²) in [5, 5.41) is 5.12. The summed E-state index contributed by atoms with van der Waals surface area (Å²) in [6.45, 7) is 1.47. The molecule has 0 saturated heterocycles. The minimum atomic E-state index is -1.03. The van der Waals surface area contributed by atoms with Crippen molar-refractivity contribution >= 4 is 29.3 Å². The molecular formula is C19H17N3O4. The molecule has 26 heavy (non-hydrogen) atoms. The fourth-order valence-corrected chi connectivity index (χ4v) is 2.84. The van der Waals surface area contributed by atoms with Gasteiger partial charge in [0.1, 0.15) is 6.04 Å². The van der Waals surface area contributed by atoms with Gasteiger partial charge in [0.05, 0.1) is 22.4 Å². The summed E-state index contributed by atoms with van der Waals surface area (Å²) in [7, 11) is 1.49. The average Bonchev–Trinajstić information content (AvgIpc) is 2.92. The van der Waals surface area contributed by atoms with Gasteiger partial charge in [-0.3, -0.25) is 24.1 Å². The molecule has 4 amide bonds. The normalized spacial score (nSPS) is 14.0. The van der Waals surface area contributed by atoms with Gasteiger partial charge in [-0.05, 0) is 31.2 Å². The summed E-state index contributed by atoms with van der Waals surface area (Å²) in [6, 6.07) is 11.9. The van der Waals surface area contributed by atoms with E-state index in [1.807, 2.05) is 0 Å². The highest BCUT2D eigenvalue weighted by atomic mass is 16.2. The number of amides is 4. The van der Waals surface area contributed by atoms with Crippen LogP contribution < -0.4 is 10.6 Å². The van der Waals surface area contributed by atoms with E-state index in [-0.39, 0.29) is 22.6 Å². The van der Waals surface area contributed by atoms with Gasteiger partial charge < -0.3 is 10.6 Å². The zero-order valence-corrected chi connectivity index (χ0v) is 14.3. The monoisotopic (exact) mass is 351 g/mol. The van der Waals surface area contributed by atoms with Gasteiger partial charge in [-0.25, -0.2) is 0 Å².